The summed E-state index contributed by atoms with van der Waals surface area (Å²) in [4.78, 5) is 70.0. The third-order valence-electron chi connectivity index (χ3n) is 8.46. The molecule has 1 saturated carbocycles. The van der Waals surface area contributed by atoms with Gasteiger partial charge in [0.1, 0.15) is 18.2 Å². The fourth-order valence-electron chi connectivity index (χ4n) is 5.97. The molecule has 0 spiro atoms. The lowest BCUT2D eigenvalue weighted by molar-refractivity contribution is -0.164. The van der Waals surface area contributed by atoms with Gasteiger partial charge in [-0.15, -0.1) is 0 Å². The highest BCUT2D eigenvalue weighted by Crippen LogP contribution is 2.45. The summed E-state index contributed by atoms with van der Waals surface area (Å²) in [7, 11) is 1.70. The monoisotopic (exact) mass is 599 g/mol. The smallest absolute Gasteiger partial charge is 0.326 e. The minimum absolute atomic E-state index is 0.0431. The molecule has 0 aromatic heterocycles. The molecule has 0 saturated heterocycles. The normalized spacial score (nSPS) is 18.8. The standard InChI is InChI=1S/C33H49N3O7/c1-8-42-28(38)21-36-26-14-10-9-13-23(26)15-16-25(29(36)39)34-31(41)33(17-11-12-18-33)20-24(30(40)43-32(4,5)6)19-27(37)35(7)22(2)3/h9-10,13-14,22,24-25H,8,11-12,15-21H2,1-7H3,(H,34,41). The third-order valence-corrected chi connectivity index (χ3v) is 8.46. The van der Waals surface area contributed by atoms with E-state index in [2.05, 4.69) is 5.32 Å². The molecule has 2 aliphatic rings. The van der Waals surface area contributed by atoms with Gasteiger partial charge in [-0.05, 0) is 85.3 Å². The van der Waals surface area contributed by atoms with Crippen LogP contribution in [0.3, 0.4) is 0 Å². The van der Waals surface area contributed by atoms with Crippen molar-refractivity contribution in [2.24, 2.45) is 11.3 Å². The number of hydrogen-bond acceptors (Lipinski definition) is 7. The van der Waals surface area contributed by atoms with Crippen LogP contribution in [0, 0.1) is 11.3 Å². The van der Waals surface area contributed by atoms with Crippen LogP contribution in [0.15, 0.2) is 24.3 Å². The summed E-state index contributed by atoms with van der Waals surface area (Å²) in [5, 5.41) is 3.02. The summed E-state index contributed by atoms with van der Waals surface area (Å²) in [6, 6.07) is 6.50. The number of nitrogens with zero attached hydrogens (tertiary/aromatic N) is 2. The van der Waals surface area contributed by atoms with Crippen molar-refractivity contribution in [2.75, 3.05) is 25.1 Å². The number of nitrogens with one attached hydrogen (secondary N) is 1. The lowest BCUT2D eigenvalue weighted by Gasteiger charge is -2.34. The molecule has 1 aromatic carbocycles. The Kier molecular flexibility index (Phi) is 11.4. The minimum atomic E-state index is -0.927. The number of carbonyl (C=O) groups excluding carboxylic acids is 5. The van der Waals surface area contributed by atoms with E-state index in [4.69, 9.17) is 9.47 Å². The van der Waals surface area contributed by atoms with Gasteiger partial charge in [-0.3, -0.25) is 28.9 Å². The van der Waals surface area contributed by atoms with Crippen LogP contribution in [0.1, 0.15) is 92.1 Å². The second-order valence-corrected chi connectivity index (χ2v) is 13.1. The van der Waals surface area contributed by atoms with Crippen LogP contribution in [0.2, 0.25) is 0 Å². The zero-order valence-corrected chi connectivity index (χ0v) is 26.9. The molecule has 1 aliphatic heterocycles. The van der Waals surface area contributed by atoms with E-state index in [1.54, 1.807) is 45.7 Å². The fraction of sp³-hybridized carbons (Fsp3) is 0.667. The van der Waals surface area contributed by atoms with E-state index in [1.165, 1.54) is 4.90 Å². The molecule has 43 heavy (non-hydrogen) atoms. The van der Waals surface area contributed by atoms with Gasteiger partial charge in [0.15, 0.2) is 0 Å². The fourth-order valence-corrected chi connectivity index (χ4v) is 5.97. The molecule has 2 atom stereocenters. The van der Waals surface area contributed by atoms with Crippen molar-refractivity contribution in [1.82, 2.24) is 10.2 Å². The van der Waals surface area contributed by atoms with Gasteiger partial charge >= 0.3 is 11.9 Å². The summed E-state index contributed by atoms with van der Waals surface area (Å²) in [6.07, 6.45) is 3.67. The summed E-state index contributed by atoms with van der Waals surface area (Å²) >= 11 is 0. The number of carbonyl (C=O) groups is 5. The maximum atomic E-state index is 14.1. The number of hydrogen-bond donors (Lipinski definition) is 1. The second-order valence-electron chi connectivity index (χ2n) is 13.1. The third kappa shape index (κ3) is 8.80. The summed E-state index contributed by atoms with van der Waals surface area (Å²) < 4.78 is 10.9. The van der Waals surface area contributed by atoms with Gasteiger partial charge in [-0.1, -0.05) is 31.0 Å². The Morgan fingerprint density at radius 2 is 1.77 bits per heavy atom. The first kappa shape index (κ1) is 34.1. The van der Waals surface area contributed by atoms with Crippen LogP contribution >= 0.6 is 0 Å². The zero-order chi connectivity index (χ0) is 31.9. The quantitative estimate of drug-likeness (QED) is 0.379. The number of para-hydroxylation sites is 1. The number of rotatable bonds is 11. The van der Waals surface area contributed by atoms with E-state index in [-0.39, 0.29) is 49.8 Å². The first-order valence-electron chi connectivity index (χ1n) is 15.5. The maximum Gasteiger partial charge on any atom is 0.326 e. The Morgan fingerprint density at radius 1 is 1.12 bits per heavy atom. The first-order valence-corrected chi connectivity index (χ1v) is 15.5. The summed E-state index contributed by atoms with van der Waals surface area (Å²) in [6.45, 7) is 10.8. The van der Waals surface area contributed by atoms with Crippen LogP contribution in [0.4, 0.5) is 5.69 Å². The molecular weight excluding hydrogens is 550 g/mol. The number of ether oxygens (including phenoxy) is 2. The Bertz CT molecular complexity index is 1180. The zero-order valence-electron chi connectivity index (χ0n) is 26.9. The van der Waals surface area contributed by atoms with Gasteiger partial charge in [0.05, 0.1) is 17.9 Å². The molecule has 238 valence electrons. The van der Waals surface area contributed by atoms with Crippen LogP contribution in [0.25, 0.3) is 0 Å². The lowest BCUT2D eigenvalue weighted by atomic mass is 9.75. The highest BCUT2D eigenvalue weighted by atomic mass is 16.6. The molecule has 1 N–H and O–H groups in total. The number of anilines is 1. The Morgan fingerprint density at radius 3 is 2.37 bits per heavy atom. The molecule has 2 unspecified atom stereocenters. The topological polar surface area (TPSA) is 122 Å². The number of aryl methyl sites for hydroxylation is 1. The second kappa shape index (κ2) is 14.4. The van der Waals surface area contributed by atoms with E-state index < -0.39 is 34.9 Å². The van der Waals surface area contributed by atoms with Crippen molar-refractivity contribution in [3.05, 3.63) is 29.8 Å². The SMILES string of the molecule is CCOC(=O)CN1C(=O)C(NC(=O)C2(CC(CC(=O)N(C)C(C)C)C(=O)OC(C)(C)C)CCCC2)CCc2ccccc21. The molecule has 1 aliphatic carbocycles. The Labute approximate surface area is 255 Å². The largest absolute Gasteiger partial charge is 0.465 e. The predicted molar refractivity (Wildman–Crippen MR) is 163 cm³/mol. The highest BCUT2D eigenvalue weighted by Gasteiger charge is 2.47. The number of amides is 3. The van der Waals surface area contributed by atoms with Crippen LogP contribution in [0.5, 0.6) is 0 Å². The van der Waals surface area contributed by atoms with E-state index in [9.17, 15) is 24.0 Å². The number of esters is 2. The molecule has 10 nitrogen and oxygen atoms in total. The van der Waals surface area contributed by atoms with Crippen molar-refractivity contribution in [1.29, 1.82) is 0 Å². The molecule has 10 heteroatoms. The van der Waals surface area contributed by atoms with Gasteiger partial charge in [0.2, 0.25) is 17.7 Å². The highest BCUT2D eigenvalue weighted by molar-refractivity contribution is 6.03. The molecule has 3 rings (SSSR count). The number of benzene rings is 1. The van der Waals surface area contributed by atoms with E-state index >= 15 is 0 Å². The molecule has 1 heterocycles. The van der Waals surface area contributed by atoms with Gasteiger partial charge < -0.3 is 19.7 Å². The molecule has 1 aromatic rings. The average molecular weight is 600 g/mol. The van der Waals surface area contributed by atoms with Crippen molar-refractivity contribution in [2.45, 2.75) is 111 Å². The van der Waals surface area contributed by atoms with Gasteiger partial charge in [0.25, 0.3) is 0 Å². The first-order chi connectivity index (χ1) is 20.2. The lowest BCUT2D eigenvalue weighted by Crippen LogP contribution is -2.53. The Balaban J connectivity index is 1.87. The maximum absolute atomic E-state index is 14.1. The van der Waals surface area contributed by atoms with Crippen LogP contribution < -0.4 is 10.2 Å². The summed E-state index contributed by atoms with van der Waals surface area (Å²) in [5.74, 6) is -2.71. The van der Waals surface area contributed by atoms with Crippen molar-refractivity contribution in [3.8, 4) is 0 Å². The molecule has 1 fully saturated rings. The predicted octanol–water partition coefficient (Wildman–Crippen LogP) is 4.18. The molecular formula is C33H49N3O7. The van der Waals surface area contributed by atoms with Gasteiger partial charge in [-0.2, -0.15) is 0 Å². The minimum Gasteiger partial charge on any atom is -0.465 e. The van der Waals surface area contributed by atoms with Gasteiger partial charge in [-0.25, -0.2) is 0 Å². The van der Waals surface area contributed by atoms with E-state index in [1.807, 2.05) is 32.0 Å². The van der Waals surface area contributed by atoms with E-state index in [0.29, 0.717) is 31.4 Å². The van der Waals surface area contributed by atoms with E-state index in [0.717, 1.165) is 18.4 Å². The van der Waals surface area contributed by atoms with Gasteiger partial charge in [0, 0.05) is 25.2 Å². The average Bonchev–Trinajstić information content (AvgIpc) is 3.37. The molecule has 0 bridgehead atoms. The van der Waals surface area contributed by atoms with Crippen molar-refractivity contribution in [3.63, 3.8) is 0 Å². The van der Waals surface area contributed by atoms with Crippen molar-refractivity contribution < 1.29 is 33.4 Å². The Hall–Kier alpha value is -3.43. The van der Waals surface area contributed by atoms with Crippen LogP contribution in [-0.4, -0.2) is 72.4 Å². The summed E-state index contributed by atoms with van der Waals surface area (Å²) in [5.41, 5.74) is -0.141. The molecule has 0 radical (unpaired) electrons. The number of fused-ring (bicyclic) bond motifs is 1. The molecule has 3 amide bonds. The van der Waals surface area contributed by atoms with Crippen LogP contribution in [-0.2, 0) is 39.9 Å². The van der Waals surface area contributed by atoms with Crippen molar-refractivity contribution >= 4 is 35.3 Å².